The zero-order chi connectivity index (χ0) is 24.4. The first kappa shape index (κ1) is 22.8. The first-order chi connectivity index (χ1) is 16.5. The summed E-state index contributed by atoms with van der Waals surface area (Å²) in [4.78, 5) is 17.1. The first-order valence-corrected chi connectivity index (χ1v) is 10.4. The third-order valence-electron chi connectivity index (χ3n) is 5.68. The van der Waals surface area contributed by atoms with Crippen LogP contribution in [0.1, 0.15) is 16.1 Å². The number of nitrogen functional groups attached to an aromatic ring is 1. The molecule has 0 atom stereocenters. The summed E-state index contributed by atoms with van der Waals surface area (Å²) < 4.78 is 27.2. The van der Waals surface area contributed by atoms with Gasteiger partial charge in [0.2, 0.25) is 11.5 Å². The SMILES string of the molecule is COc1ccc(-c2c(C(=O)c3cc(OC)c(OC)c(OC)c3)[nH]c3cccc(OC)c23)cc1N. The summed E-state index contributed by atoms with van der Waals surface area (Å²) >= 11 is 0. The molecule has 34 heavy (non-hydrogen) atoms. The van der Waals surface area contributed by atoms with Crippen molar-refractivity contribution in [2.45, 2.75) is 0 Å². The number of benzene rings is 3. The molecule has 0 amide bonds. The van der Waals surface area contributed by atoms with Gasteiger partial charge in [0.25, 0.3) is 0 Å². The van der Waals surface area contributed by atoms with Gasteiger partial charge in [-0.05, 0) is 42.0 Å². The Hall–Kier alpha value is -4.33. The number of rotatable bonds is 8. The second-order valence-corrected chi connectivity index (χ2v) is 7.46. The second-order valence-electron chi connectivity index (χ2n) is 7.46. The van der Waals surface area contributed by atoms with Gasteiger partial charge in [-0.15, -0.1) is 0 Å². The number of ether oxygens (including phenoxy) is 5. The molecular formula is C26H26N2O6. The predicted octanol–water partition coefficient (Wildman–Crippen LogP) is 4.69. The maximum atomic E-state index is 13.9. The lowest BCUT2D eigenvalue weighted by molar-refractivity contribution is 0.103. The normalized spacial score (nSPS) is 10.7. The maximum absolute atomic E-state index is 13.9. The van der Waals surface area contributed by atoms with Gasteiger partial charge in [-0.1, -0.05) is 12.1 Å². The van der Waals surface area contributed by atoms with E-state index in [4.69, 9.17) is 29.4 Å². The third kappa shape index (κ3) is 3.73. The Labute approximate surface area is 197 Å². The highest BCUT2D eigenvalue weighted by molar-refractivity contribution is 6.18. The minimum absolute atomic E-state index is 0.262. The number of hydrogen-bond acceptors (Lipinski definition) is 7. The third-order valence-corrected chi connectivity index (χ3v) is 5.68. The Morgan fingerprint density at radius 3 is 1.97 bits per heavy atom. The van der Waals surface area contributed by atoms with E-state index in [-0.39, 0.29) is 5.78 Å². The van der Waals surface area contributed by atoms with Gasteiger partial charge in [-0.25, -0.2) is 0 Å². The number of anilines is 1. The molecule has 0 aliphatic carbocycles. The lowest BCUT2D eigenvalue weighted by atomic mass is 9.96. The van der Waals surface area contributed by atoms with Gasteiger partial charge >= 0.3 is 0 Å². The van der Waals surface area contributed by atoms with Gasteiger partial charge < -0.3 is 34.4 Å². The van der Waals surface area contributed by atoms with Gasteiger partial charge in [0.1, 0.15) is 11.5 Å². The summed E-state index contributed by atoms with van der Waals surface area (Å²) in [5.41, 5.74) is 9.55. The van der Waals surface area contributed by atoms with Crippen molar-refractivity contribution in [2.24, 2.45) is 0 Å². The highest BCUT2D eigenvalue weighted by Gasteiger charge is 2.25. The molecule has 0 saturated heterocycles. The summed E-state index contributed by atoms with van der Waals surface area (Å²) in [6.45, 7) is 0. The van der Waals surface area contributed by atoms with Crippen LogP contribution in [0.4, 0.5) is 5.69 Å². The zero-order valence-corrected chi connectivity index (χ0v) is 19.6. The molecule has 0 radical (unpaired) electrons. The van der Waals surface area contributed by atoms with Gasteiger partial charge in [0.05, 0.1) is 57.8 Å². The largest absolute Gasteiger partial charge is 0.496 e. The second kappa shape index (κ2) is 9.27. The Balaban J connectivity index is 1.99. The van der Waals surface area contributed by atoms with Crippen molar-refractivity contribution in [2.75, 3.05) is 41.3 Å². The molecule has 0 aliphatic rings. The number of aromatic nitrogens is 1. The number of fused-ring (bicyclic) bond motifs is 1. The molecule has 3 aromatic carbocycles. The number of carbonyl (C=O) groups is 1. The minimum Gasteiger partial charge on any atom is -0.496 e. The molecule has 1 aromatic heterocycles. The average molecular weight is 463 g/mol. The van der Waals surface area contributed by atoms with Crippen LogP contribution in [0.15, 0.2) is 48.5 Å². The average Bonchev–Trinajstić information content (AvgIpc) is 3.26. The van der Waals surface area contributed by atoms with Gasteiger partial charge in [-0.3, -0.25) is 4.79 Å². The summed E-state index contributed by atoms with van der Waals surface area (Å²) in [7, 11) is 7.67. The van der Waals surface area contributed by atoms with E-state index in [1.807, 2.05) is 24.3 Å². The van der Waals surface area contributed by atoms with E-state index < -0.39 is 0 Å². The lowest BCUT2D eigenvalue weighted by Crippen LogP contribution is -2.06. The number of H-pyrrole nitrogens is 1. The Morgan fingerprint density at radius 1 is 0.765 bits per heavy atom. The van der Waals surface area contributed by atoms with Crippen molar-refractivity contribution in [3.8, 4) is 39.9 Å². The van der Waals surface area contributed by atoms with Crippen molar-refractivity contribution in [3.63, 3.8) is 0 Å². The Morgan fingerprint density at radius 2 is 1.41 bits per heavy atom. The van der Waals surface area contributed by atoms with Crippen molar-refractivity contribution in [3.05, 3.63) is 59.8 Å². The molecule has 0 unspecified atom stereocenters. The fraction of sp³-hybridized carbons (Fsp3) is 0.192. The molecule has 0 spiro atoms. The predicted molar refractivity (Wildman–Crippen MR) is 131 cm³/mol. The zero-order valence-electron chi connectivity index (χ0n) is 19.6. The van der Waals surface area contributed by atoms with Gasteiger partial charge in [-0.2, -0.15) is 0 Å². The molecule has 0 fully saturated rings. The highest BCUT2D eigenvalue weighted by atomic mass is 16.5. The first-order valence-electron chi connectivity index (χ1n) is 10.4. The van der Waals surface area contributed by atoms with Crippen LogP contribution >= 0.6 is 0 Å². The number of methoxy groups -OCH3 is 5. The fourth-order valence-corrected chi connectivity index (χ4v) is 4.09. The molecule has 4 rings (SSSR count). The number of hydrogen-bond donors (Lipinski definition) is 2. The van der Waals surface area contributed by atoms with Crippen LogP contribution in [0.25, 0.3) is 22.0 Å². The van der Waals surface area contributed by atoms with E-state index in [0.717, 1.165) is 16.5 Å². The number of nitrogens with one attached hydrogen (secondary N) is 1. The molecular weight excluding hydrogens is 436 g/mol. The van der Waals surface area contributed by atoms with Crippen LogP contribution in [-0.4, -0.2) is 46.3 Å². The van der Waals surface area contributed by atoms with E-state index in [1.165, 1.54) is 21.3 Å². The van der Waals surface area contributed by atoms with Crippen molar-refractivity contribution in [1.82, 2.24) is 4.98 Å². The number of ketones is 1. The molecule has 4 aromatic rings. The van der Waals surface area contributed by atoms with Gasteiger partial charge in [0, 0.05) is 11.1 Å². The van der Waals surface area contributed by atoms with Crippen LogP contribution in [0, 0.1) is 0 Å². The summed E-state index contributed by atoms with van der Waals surface area (Å²) in [6, 6.07) is 14.2. The molecule has 0 aliphatic heterocycles. The minimum atomic E-state index is -0.262. The molecule has 3 N–H and O–H groups in total. The van der Waals surface area contributed by atoms with Crippen LogP contribution in [0.2, 0.25) is 0 Å². The van der Waals surface area contributed by atoms with Gasteiger partial charge in [0.15, 0.2) is 11.5 Å². The summed E-state index contributed by atoms with van der Waals surface area (Å²) in [6.07, 6.45) is 0. The number of nitrogens with two attached hydrogens (primary N) is 1. The highest BCUT2D eigenvalue weighted by Crippen LogP contribution is 2.43. The van der Waals surface area contributed by atoms with E-state index >= 15 is 0 Å². The number of carbonyl (C=O) groups excluding carboxylic acids is 1. The van der Waals surface area contributed by atoms with E-state index in [2.05, 4.69) is 4.98 Å². The van der Waals surface area contributed by atoms with Crippen molar-refractivity contribution < 1.29 is 28.5 Å². The quantitative estimate of drug-likeness (QED) is 0.289. The molecule has 0 bridgehead atoms. The summed E-state index contributed by atoms with van der Waals surface area (Å²) in [5, 5.41) is 0.769. The number of aromatic amines is 1. The monoisotopic (exact) mass is 462 g/mol. The molecule has 1 heterocycles. The van der Waals surface area contributed by atoms with E-state index in [9.17, 15) is 4.79 Å². The summed E-state index contributed by atoms with van der Waals surface area (Å²) in [5.74, 6) is 2.09. The fourth-order valence-electron chi connectivity index (χ4n) is 4.09. The molecule has 176 valence electrons. The van der Waals surface area contributed by atoms with Crippen molar-refractivity contribution in [1.29, 1.82) is 0 Å². The Kier molecular flexibility index (Phi) is 6.23. The molecule has 8 nitrogen and oxygen atoms in total. The van der Waals surface area contributed by atoms with Crippen molar-refractivity contribution >= 4 is 22.4 Å². The molecule has 0 saturated carbocycles. The van der Waals surface area contributed by atoms with E-state index in [0.29, 0.717) is 51.3 Å². The maximum Gasteiger partial charge on any atom is 0.210 e. The van der Waals surface area contributed by atoms with Crippen LogP contribution in [-0.2, 0) is 0 Å². The lowest BCUT2D eigenvalue weighted by Gasteiger charge is -2.14. The Bertz CT molecular complexity index is 1350. The van der Waals surface area contributed by atoms with E-state index in [1.54, 1.807) is 38.5 Å². The standard InChI is InChI=1S/C26H26N2O6/c1-30-18-10-9-14(11-16(18)27)22-23-17(7-6-8-19(23)31-2)28-24(22)25(29)15-12-20(32-3)26(34-5)21(13-15)33-4/h6-13,28H,27H2,1-5H3. The van der Waals surface area contributed by atoms with Crippen LogP contribution in [0.3, 0.4) is 0 Å². The van der Waals surface area contributed by atoms with Crippen LogP contribution < -0.4 is 29.4 Å². The van der Waals surface area contributed by atoms with Crippen LogP contribution in [0.5, 0.6) is 28.7 Å². The topological polar surface area (TPSA) is 105 Å². The smallest absolute Gasteiger partial charge is 0.210 e. The molecule has 8 heteroatoms.